The number of ether oxygens (including phenoxy) is 2. The third-order valence-corrected chi connectivity index (χ3v) is 7.27. The average Bonchev–Trinajstić information content (AvgIpc) is 2.97. The molecule has 3 aromatic rings. The monoisotopic (exact) mass is 570 g/mol. The number of pyridine rings is 1. The average molecular weight is 571 g/mol. The Morgan fingerprint density at radius 1 is 1.17 bits per heavy atom. The van der Waals surface area contributed by atoms with Gasteiger partial charge >= 0.3 is 0 Å². The normalized spacial score (nSPS) is 14.2. The van der Waals surface area contributed by atoms with Crippen LogP contribution in [0.15, 0.2) is 55.4 Å². The van der Waals surface area contributed by atoms with E-state index in [9.17, 15) is 4.79 Å². The third kappa shape index (κ3) is 6.80. The Hall–Kier alpha value is -4.64. The third-order valence-electron chi connectivity index (χ3n) is 7.27. The fourth-order valence-electron chi connectivity index (χ4n) is 4.84. The number of aryl methyl sites for hydroxylation is 1. The van der Waals surface area contributed by atoms with Gasteiger partial charge < -0.3 is 34.8 Å². The van der Waals surface area contributed by atoms with Gasteiger partial charge in [0, 0.05) is 44.2 Å². The minimum atomic E-state index is -0.308. The Bertz CT molecular complexity index is 1470. The lowest BCUT2D eigenvalue weighted by atomic mass is 10.0. The van der Waals surface area contributed by atoms with Crippen molar-refractivity contribution in [1.82, 2.24) is 19.9 Å². The Balaban J connectivity index is 1.27. The first-order valence-electron chi connectivity index (χ1n) is 14.0. The summed E-state index contributed by atoms with van der Waals surface area (Å²) < 4.78 is 11.9. The molecule has 0 atom stereocenters. The van der Waals surface area contributed by atoms with Crippen molar-refractivity contribution in [2.45, 2.75) is 18.9 Å². The van der Waals surface area contributed by atoms with Gasteiger partial charge in [-0.05, 0) is 50.7 Å². The van der Waals surface area contributed by atoms with E-state index < -0.39 is 0 Å². The summed E-state index contributed by atoms with van der Waals surface area (Å²) in [4.78, 5) is 32.3. The van der Waals surface area contributed by atoms with E-state index in [0.29, 0.717) is 29.0 Å². The topological polar surface area (TPSA) is 108 Å². The highest BCUT2D eigenvalue weighted by Gasteiger charge is 2.30. The lowest BCUT2D eigenvalue weighted by Crippen LogP contribution is -2.54. The van der Waals surface area contributed by atoms with Crippen LogP contribution in [0.5, 0.6) is 11.6 Å². The number of amides is 1. The van der Waals surface area contributed by atoms with E-state index in [4.69, 9.17) is 9.47 Å². The SMILES string of the molecule is C=CC(=O)Nc1cc(Nc2nccc(OC3CN(c4cnc5c(c4)C=CCC5)C3)n2)c(OC)cc1N(C)CCN(C)C. The van der Waals surface area contributed by atoms with E-state index in [2.05, 4.69) is 65.1 Å². The largest absolute Gasteiger partial charge is 0.494 e. The molecule has 42 heavy (non-hydrogen) atoms. The second-order valence-electron chi connectivity index (χ2n) is 10.6. The Morgan fingerprint density at radius 3 is 2.76 bits per heavy atom. The molecule has 0 radical (unpaired) electrons. The molecular formula is C31H38N8O3. The number of fused-ring (bicyclic) bond motifs is 1. The highest BCUT2D eigenvalue weighted by molar-refractivity contribution is 6.02. The number of allylic oxidation sites excluding steroid dienone is 1. The van der Waals surface area contributed by atoms with E-state index in [1.54, 1.807) is 19.4 Å². The fraction of sp³-hybridized carbons (Fsp3) is 0.355. The Kier molecular flexibility index (Phi) is 8.87. The van der Waals surface area contributed by atoms with Gasteiger partial charge in [0.15, 0.2) is 0 Å². The molecule has 0 unspecified atom stereocenters. The van der Waals surface area contributed by atoms with Crippen LogP contribution >= 0.6 is 0 Å². The standard InChI is InChI=1S/C31H38N8O3/c1-6-29(40)34-25-16-26(28(41-5)17-27(25)38(4)14-13-37(2)3)35-31-32-12-11-30(36-31)42-23-19-39(20-23)22-15-21-9-7-8-10-24(21)33-18-22/h6-7,9,11-12,15-18,23H,1,8,10,13-14,19-20H2,2-5H3,(H,34,40)(H,32,35,36). The maximum Gasteiger partial charge on any atom is 0.247 e. The van der Waals surface area contributed by atoms with Gasteiger partial charge in [0.2, 0.25) is 17.7 Å². The summed E-state index contributed by atoms with van der Waals surface area (Å²) in [5.41, 5.74) is 5.49. The maximum atomic E-state index is 12.2. The van der Waals surface area contributed by atoms with Crippen LogP contribution in [0.25, 0.3) is 6.08 Å². The van der Waals surface area contributed by atoms with Crippen molar-refractivity contribution in [3.8, 4) is 11.6 Å². The van der Waals surface area contributed by atoms with Crippen LogP contribution in [-0.2, 0) is 11.2 Å². The van der Waals surface area contributed by atoms with Crippen molar-refractivity contribution in [3.05, 3.63) is 66.6 Å². The predicted octanol–water partition coefficient (Wildman–Crippen LogP) is 3.97. The number of hydrogen-bond acceptors (Lipinski definition) is 10. The molecule has 2 N–H and O–H groups in total. The number of anilines is 5. The van der Waals surface area contributed by atoms with Gasteiger partial charge in [0.05, 0.1) is 49.1 Å². The predicted molar refractivity (Wildman–Crippen MR) is 167 cm³/mol. The van der Waals surface area contributed by atoms with Crippen molar-refractivity contribution in [2.24, 2.45) is 0 Å². The number of benzene rings is 1. The first-order chi connectivity index (χ1) is 20.3. The summed E-state index contributed by atoms with van der Waals surface area (Å²) in [7, 11) is 7.61. The highest BCUT2D eigenvalue weighted by Crippen LogP contribution is 2.38. The lowest BCUT2D eigenvalue weighted by molar-refractivity contribution is -0.111. The number of nitrogens with zero attached hydrogens (tertiary/aromatic N) is 6. The van der Waals surface area contributed by atoms with Crippen LogP contribution in [0.2, 0.25) is 0 Å². The minimum Gasteiger partial charge on any atom is -0.494 e. The van der Waals surface area contributed by atoms with Gasteiger partial charge in [0.25, 0.3) is 0 Å². The van der Waals surface area contributed by atoms with Crippen molar-refractivity contribution in [1.29, 1.82) is 0 Å². The van der Waals surface area contributed by atoms with Crippen molar-refractivity contribution in [3.63, 3.8) is 0 Å². The molecule has 1 fully saturated rings. The van der Waals surface area contributed by atoms with E-state index >= 15 is 0 Å². The molecule has 2 aliphatic rings. The number of carbonyl (C=O) groups is 1. The van der Waals surface area contributed by atoms with Gasteiger partial charge in [-0.3, -0.25) is 9.78 Å². The summed E-state index contributed by atoms with van der Waals surface area (Å²) in [5.74, 6) is 1.10. The first kappa shape index (κ1) is 28.9. The smallest absolute Gasteiger partial charge is 0.247 e. The molecule has 0 bridgehead atoms. The van der Waals surface area contributed by atoms with E-state index in [1.165, 1.54) is 11.6 Å². The molecule has 0 spiro atoms. The van der Waals surface area contributed by atoms with Crippen molar-refractivity contribution < 1.29 is 14.3 Å². The van der Waals surface area contributed by atoms with Crippen LogP contribution in [0.4, 0.5) is 28.7 Å². The van der Waals surface area contributed by atoms with Crippen molar-refractivity contribution in [2.75, 3.05) is 74.9 Å². The van der Waals surface area contributed by atoms with E-state index in [0.717, 1.165) is 56.1 Å². The van der Waals surface area contributed by atoms with Gasteiger partial charge in [0.1, 0.15) is 11.9 Å². The van der Waals surface area contributed by atoms with Crippen LogP contribution in [0.1, 0.15) is 17.7 Å². The summed E-state index contributed by atoms with van der Waals surface area (Å²) in [6, 6.07) is 7.63. The second kappa shape index (κ2) is 12.9. The number of methoxy groups -OCH3 is 1. The van der Waals surface area contributed by atoms with Gasteiger partial charge in [-0.15, -0.1) is 0 Å². The van der Waals surface area contributed by atoms with Crippen LogP contribution in [-0.4, -0.2) is 86.3 Å². The van der Waals surface area contributed by atoms with E-state index in [-0.39, 0.29) is 12.0 Å². The Labute approximate surface area is 246 Å². The maximum absolute atomic E-state index is 12.2. The molecule has 220 valence electrons. The van der Waals surface area contributed by atoms with Crippen LogP contribution < -0.4 is 29.9 Å². The zero-order valence-corrected chi connectivity index (χ0v) is 24.6. The van der Waals surface area contributed by atoms with Gasteiger partial charge in [-0.25, -0.2) is 4.98 Å². The number of aromatic nitrogens is 3. The molecule has 2 aromatic heterocycles. The molecule has 1 aliphatic carbocycles. The lowest BCUT2D eigenvalue weighted by Gasteiger charge is -2.40. The number of rotatable bonds is 12. The molecule has 3 heterocycles. The number of hydrogen-bond donors (Lipinski definition) is 2. The molecular weight excluding hydrogens is 532 g/mol. The molecule has 1 aliphatic heterocycles. The van der Waals surface area contributed by atoms with Crippen LogP contribution in [0.3, 0.4) is 0 Å². The first-order valence-corrected chi connectivity index (χ1v) is 14.0. The summed E-state index contributed by atoms with van der Waals surface area (Å²) in [6.07, 6.45) is 11.2. The molecule has 0 saturated carbocycles. The summed E-state index contributed by atoms with van der Waals surface area (Å²) in [5, 5.41) is 6.14. The molecule has 1 aromatic carbocycles. The van der Waals surface area contributed by atoms with Gasteiger partial charge in [-0.2, -0.15) is 4.98 Å². The summed E-state index contributed by atoms with van der Waals surface area (Å²) in [6.45, 7) is 6.68. The zero-order valence-electron chi connectivity index (χ0n) is 24.6. The molecule has 5 rings (SSSR count). The van der Waals surface area contributed by atoms with E-state index in [1.807, 2.05) is 39.5 Å². The summed E-state index contributed by atoms with van der Waals surface area (Å²) >= 11 is 0. The molecule has 1 saturated heterocycles. The molecule has 1 amide bonds. The second-order valence-corrected chi connectivity index (χ2v) is 10.6. The Morgan fingerprint density at radius 2 is 2.00 bits per heavy atom. The fourth-order valence-corrected chi connectivity index (χ4v) is 4.84. The zero-order chi connectivity index (χ0) is 29.6. The minimum absolute atomic E-state index is 0.00608. The molecule has 11 heteroatoms. The number of nitrogens with one attached hydrogen (secondary N) is 2. The van der Waals surface area contributed by atoms with Crippen LogP contribution in [0, 0.1) is 0 Å². The quantitative estimate of drug-likeness (QED) is 0.311. The van der Waals surface area contributed by atoms with Crippen molar-refractivity contribution >= 4 is 40.7 Å². The van der Waals surface area contributed by atoms with Gasteiger partial charge in [-0.1, -0.05) is 18.7 Å². The highest BCUT2D eigenvalue weighted by atomic mass is 16.5. The number of carbonyl (C=O) groups excluding carboxylic acids is 1. The molecule has 11 nitrogen and oxygen atoms in total. The number of likely N-dealkylation sites (N-methyl/N-ethyl adjacent to an activating group) is 2.